The molecule has 0 aliphatic carbocycles. The fourth-order valence-electron chi connectivity index (χ4n) is 1.13. The van der Waals surface area contributed by atoms with Crippen LogP contribution in [0, 0.1) is 0 Å². The second kappa shape index (κ2) is 4.50. The van der Waals surface area contributed by atoms with Gasteiger partial charge in [0.05, 0.1) is 19.8 Å². The van der Waals surface area contributed by atoms with E-state index in [4.69, 9.17) is 27.2 Å². The zero-order chi connectivity index (χ0) is 10.7. The van der Waals surface area contributed by atoms with E-state index in [-0.39, 0.29) is 18.1 Å². The Labute approximate surface area is 86.9 Å². The second-order valence-corrected chi connectivity index (χ2v) is 3.27. The molecule has 0 heterocycles. The van der Waals surface area contributed by atoms with Crippen LogP contribution in [0.1, 0.15) is 11.6 Å². The summed E-state index contributed by atoms with van der Waals surface area (Å²) < 4.78 is 4.89. The topological polar surface area (TPSA) is 75.7 Å². The van der Waals surface area contributed by atoms with E-state index in [9.17, 15) is 5.11 Å². The molecule has 4 nitrogen and oxygen atoms in total. The predicted molar refractivity (Wildman–Crippen MR) is 53.7 cm³/mol. The molecule has 0 saturated carbocycles. The SMILES string of the molecule is COc1cc(Cl)cc([C@@H](N)CO)c1O. The molecule has 1 aromatic rings. The van der Waals surface area contributed by atoms with Crippen LogP contribution in [0.4, 0.5) is 0 Å². The fourth-order valence-corrected chi connectivity index (χ4v) is 1.35. The number of aromatic hydroxyl groups is 1. The Morgan fingerprint density at radius 1 is 1.57 bits per heavy atom. The number of hydrogen-bond acceptors (Lipinski definition) is 4. The first-order valence-electron chi connectivity index (χ1n) is 4.03. The summed E-state index contributed by atoms with van der Waals surface area (Å²) in [6.45, 7) is -0.267. The van der Waals surface area contributed by atoms with Gasteiger partial charge in [-0.25, -0.2) is 0 Å². The average molecular weight is 218 g/mol. The Hall–Kier alpha value is -0.970. The van der Waals surface area contributed by atoms with Gasteiger partial charge in [-0.2, -0.15) is 0 Å². The number of phenols is 1. The molecule has 0 aliphatic heterocycles. The summed E-state index contributed by atoms with van der Waals surface area (Å²) in [5.41, 5.74) is 5.94. The van der Waals surface area contributed by atoms with E-state index in [1.54, 1.807) is 0 Å². The molecule has 5 heteroatoms. The molecule has 0 bridgehead atoms. The summed E-state index contributed by atoms with van der Waals surface area (Å²) in [5.74, 6) is 0.162. The normalized spacial score (nSPS) is 12.6. The number of methoxy groups -OCH3 is 1. The summed E-state index contributed by atoms with van der Waals surface area (Å²) in [7, 11) is 1.42. The Balaban J connectivity index is 3.21. The summed E-state index contributed by atoms with van der Waals surface area (Å²) >= 11 is 5.77. The molecule has 14 heavy (non-hydrogen) atoms. The van der Waals surface area contributed by atoms with Gasteiger partial charge < -0.3 is 20.7 Å². The lowest BCUT2D eigenvalue weighted by Crippen LogP contribution is -2.14. The van der Waals surface area contributed by atoms with E-state index >= 15 is 0 Å². The van der Waals surface area contributed by atoms with Crippen LogP contribution in [0.3, 0.4) is 0 Å². The smallest absolute Gasteiger partial charge is 0.162 e. The number of halogens is 1. The van der Waals surface area contributed by atoms with Crippen LogP contribution >= 0.6 is 11.6 Å². The predicted octanol–water partition coefficient (Wildman–Crippen LogP) is 1.05. The first kappa shape index (κ1) is 11.1. The van der Waals surface area contributed by atoms with Gasteiger partial charge >= 0.3 is 0 Å². The number of rotatable bonds is 3. The lowest BCUT2D eigenvalue weighted by Gasteiger charge is -2.13. The number of nitrogens with two attached hydrogens (primary N) is 1. The molecule has 0 radical (unpaired) electrons. The van der Waals surface area contributed by atoms with E-state index < -0.39 is 6.04 Å². The first-order chi connectivity index (χ1) is 6.60. The Morgan fingerprint density at radius 3 is 2.71 bits per heavy atom. The molecule has 0 aliphatic rings. The van der Waals surface area contributed by atoms with Crippen LogP contribution in [0.5, 0.6) is 11.5 Å². The average Bonchev–Trinajstić information content (AvgIpc) is 2.19. The van der Waals surface area contributed by atoms with Crippen LogP contribution in [-0.2, 0) is 0 Å². The van der Waals surface area contributed by atoms with Gasteiger partial charge in [-0.15, -0.1) is 0 Å². The van der Waals surface area contributed by atoms with Gasteiger partial charge in [-0.05, 0) is 6.07 Å². The Morgan fingerprint density at radius 2 is 2.21 bits per heavy atom. The number of aliphatic hydroxyl groups is 1. The van der Waals surface area contributed by atoms with Crippen molar-refractivity contribution in [3.8, 4) is 11.5 Å². The number of aliphatic hydroxyl groups excluding tert-OH is 1. The summed E-state index contributed by atoms with van der Waals surface area (Å²) in [5, 5.41) is 18.9. The molecule has 0 spiro atoms. The Kier molecular flexibility index (Phi) is 3.57. The molecule has 1 atom stereocenters. The van der Waals surface area contributed by atoms with E-state index in [1.807, 2.05) is 0 Å². The molecule has 0 unspecified atom stereocenters. The number of phenolic OH excluding ortho intramolecular Hbond substituents is 1. The standard InChI is InChI=1S/C9H12ClNO3/c1-14-8-3-5(10)2-6(9(8)13)7(11)4-12/h2-3,7,12-13H,4,11H2,1H3/t7-/m0/s1. The van der Waals surface area contributed by atoms with Crippen LogP contribution in [0.2, 0.25) is 5.02 Å². The molecule has 1 aromatic carbocycles. The van der Waals surface area contributed by atoms with Crippen molar-refractivity contribution >= 4 is 11.6 Å². The zero-order valence-electron chi connectivity index (χ0n) is 7.70. The molecule has 0 saturated heterocycles. The second-order valence-electron chi connectivity index (χ2n) is 2.83. The van der Waals surface area contributed by atoms with Crippen molar-refractivity contribution in [1.82, 2.24) is 0 Å². The molecular formula is C9H12ClNO3. The number of benzene rings is 1. The highest BCUT2D eigenvalue weighted by Crippen LogP contribution is 2.35. The molecule has 0 amide bonds. The molecule has 78 valence electrons. The van der Waals surface area contributed by atoms with Crippen molar-refractivity contribution in [2.24, 2.45) is 5.73 Å². The molecule has 0 aromatic heterocycles. The quantitative estimate of drug-likeness (QED) is 0.707. The van der Waals surface area contributed by atoms with Crippen molar-refractivity contribution in [1.29, 1.82) is 0 Å². The summed E-state index contributed by atoms with van der Waals surface area (Å²) in [6, 6.07) is 2.31. The fraction of sp³-hybridized carbons (Fsp3) is 0.333. The van der Waals surface area contributed by atoms with Crippen LogP contribution in [0.25, 0.3) is 0 Å². The van der Waals surface area contributed by atoms with Gasteiger partial charge in [0, 0.05) is 16.7 Å². The highest BCUT2D eigenvalue weighted by Gasteiger charge is 2.15. The van der Waals surface area contributed by atoms with Crippen molar-refractivity contribution in [2.45, 2.75) is 6.04 Å². The molecule has 4 N–H and O–H groups in total. The zero-order valence-corrected chi connectivity index (χ0v) is 8.45. The third-order valence-corrected chi connectivity index (χ3v) is 2.10. The minimum atomic E-state index is -0.664. The minimum absolute atomic E-state index is 0.0848. The third-order valence-electron chi connectivity index (χ3n) is 1.89. The molecular weight excluding hydrogens is 206 g/mol. The third kappa shape index (κ3) is 2.09. The lowest BCUT2D eigenvalue weighted by molar-refractivity contribution is 0.264. The van der Waals surface area contributed by atoms with E-state index in [0.29, 0.717) is 10.6 Å². The largest absolute Gasteiger partial charge is 0.504 e. The van der Waals surface area contributed by atoms with E-state index in [0.717, 1.165) is 0 Å². The highest BCUT2D eigenvalue weighted by atomic mass is 35.5. The van der Waals surface area contributed by atoms with Gasteiger partial charge in [0.15, 0.2) is 11.5 Å². The Bertz CT molecular complexity index is 330. The maximum atomic E-state index is 9.64. The molecule has 0 fully saturated rings. The monoisotopic (exact) mass is 217 g/mol. The van der Waals surface area contributed by atoms with Crippen molar-refractivity contribution in [2.75, 3.05) is 13.7 Å². The van der Waals surface area contributed by atoms with Gasteiger partial charge in [-0.1, -0.05) is 11.6 Å². The van der Waals surface area contributed by atoms with Crippen LogP contribution in [0.15, 0.2) is 12.1 Å². The van der Waals surface area contributed by atoms with Gasteiger partial charge in [0.2, 0.25) is 0 Å². The summed E-state index contributed by atoms with van der Waals surface area (Å²) in [6.07, 6.45) is 0. The maximum absolute atomic E-state index is 9.64. The number of ether oxygens (including phenoxy) is 1. The van der Waals surface area contributed by atoms with Crippen molar-refractivity contribution in [3.05, 3.63) is 22.7 Å². The highest BCUT2D eigenvalue weighted by molar-refractivity contribution is 6.30. The number of hydrogen-bond donors (Lipinski definition) is 3. The van der Waals surface area contributed by atoms with Gasteiger partial charge in [0.25, 0.3) is 0 Å². The van der Waals surface area contributed by atoms with E-state index in [1.165, 1.54) is 19.2 Å². The van der Waals surface area contributed by atoms with Gasteiger partial charge in [-0.3, -0.25) is 0 Å². The molecule has 1 rings (SSSR count). The van der Waals surface area contributed by atoms with E-state index in [2.05, 4.69) is 0 Å². The van der Waals surface area contributed by atoms with Gasteiger partial charge in [0.1, 0.15) is 0 Å². The van der Waals surface area contributed by atoms with Crippen LogP contribution in [-0.4, -0.2) is 23.9 Å². The van der Waals surface area contributed by atoms with Crippen LogP contribution < -0.4 is 10.5 Å². The summed E-state index contributed by atoms with van der Waals surface area (Å²) in [4.78, 5) is 0. The maximum Gasteiger partial charge on any atom is 0.162 e. The first-order valence-corrected chi connectivity index (χ1v) is 4.40. The minimum Gasteiger partial charge on any atom is -0.504 e. The van der Waals surface area contributed by atoms with Crippen molar-refractivity contribution < 1.29 is 14.9 Å². The van der Waals surface area contributed by atoms with Crippen molar-refractivity contribution in [3.63, 3.8) is 0 Å². The lowest BCUT2D eigenvalue weighted by atomic mass is 10.1.